The van der Waals surface area contributed by atoms with Gasteiger partial charge < -0.3 is 4.90 Å². The number of anilines is 1. The molecule has 0 unspecified atom stereocenters. The molecule has 1 aromatic rings. The van der Waals surface area contributed by atoms with Crippen LogP contribution in [0.2, 0.25) is 5.15 Å². The Bertz CT molecular complexity index is 404. The monoisotopic (exact) mass is 301 g/mol. The Kier molecular flexibility index (Phi) is 2.80. The zero-order valence-electron chi connectivity index (χ0n) is 8.87. The van der Waals surface area contributed by atoms with E-state index in [1.54, 1.807) is 6.33 Å². The highest BCUT2D eigenvalue weighted by molar-refractivity contribution is 9.10. The molecule has 3 nitrogen and oxygen atoms in total. The van der Waals surface area contributed by atoms with E-state index in [9.17, 15) is 0 Å². The molecule has 0 radical (unpaired) electrons. The Labute approximate surface area is 108 Å². The summed E-state index contributed by atoms with van der Waals surface area (Å²) < 4.78 is 0.837. The summed E-state index contributed by atoms with van der Waals surface area (Å²) >= 11 is 9.50. The number of nitrogens with zero attached hydrogens (tertiary/aromatic N) is 3. The Morgan fingerprint density at radius 3 is 2.69 bits per heavy atom. The van der Waals surface area contributed by atoms with Crippen molar-refractivity contribution in [3.05, 3.63) is 16.0 Å². The van der Waals surface area contributed by atoms with Crippen molar-refractivity contribution in [1.29, 1.82) is 0 Å². The van der Waals surface area contributed by atoms with E-state index in [-0.39, 0.29) is 0 Å². The van der Waals surface area contributed by atoms with E-state index in [1.807, 2.05) is 0 Å². The smallest absolute Gasteiger partial charge is 0.148 e. The first-order valence-corrected chi connectivity index (χ1v) is 6.85. The third-order valence-corrected chi connectivity index (χ3v) is 4.39. The van der Waals surface area contributed by atoms with Gasteiger partial charge in [0.1, 0.15) is 17.3 Å². The molecule has 0 aliphatic heterocycles. The largest absolute Gasteiger partial charge is 0.352 e. The van der Waals surface area contributed by atoms with Crippen molar-refractivity contribution in [2.45, 2.75) is 31.7 Å². The molecule has 1 heterocycles. The molecule has 0 amide bonds. The fraction of sp³-hybridized carbons (Fsp3) is 0.636. The van der Waals surface area contributed by atoms with Crippen LogP contribution in [0.3, 0.4) is 0 Å². The molecule has 0 N–H and O–H groups in total. The maximum atomic E-state index is 6.01. The molecule has 0 spiro atoms. The number of aromatic nitrogens is 2. The van der Waals surface area contributed by atoms with Crippen LogP contribution in [0, 0.1) is 5.92 Å². The molecule has 86 valence electrons. The van der Waals surface area contributed by atoms with Gasteiger partial charge in [-0.3, -0.25) is 0 Å². The minimum Gasteiger partial charge on any atom is -0.352 e. The highest BCUT2D eigenvalue weighted by Crippen LogP contribution is 2.40. The Hall–Kier alpha value is -0.350. The molecule has 2 saturated carbocycles. The second-order valence-electron chi connectivity index (χ2n) is 4.63. The highest BCUT2D eigenvalue weighted by Gasteiger charge is 2.35. The third kappa shape index (κ3) is 2.18. The molecular weight excluding hydrogens is 289 g/mol. The van der Waals surface area contributed by atoms with Crippen molar-refractivity contribution < 1.29 is 0 Å². The molecule has 0 saturated heterocycles. The zero-order valence-corrected chi connectivity index (χ0v) is 11.2. The molecule has 0 bridgehead atoms. The van der Waals surface area contributed by atoms with Crippen LogP contribution in [0.25, 0.3) is 0 Å². The van der Waals surface area contributed by atoms with Gasteiger partial charge in [0.2, 0.25) is 0 Å². The van der Waals surface area contributed by atoms with E-state index in [1.165, 1.54) is 25.7 Å². The summed E-state index contributed by atoms with van der Waals surface area (Å²) in [5.41, 5.74) is 0. The lowest BCUT2D eigenvalue weighted by atomic mass is 10.3. The van der Waals surface area contributed by atoms with Crippen LogP contribution in [0.4, 0.5) is 5.82 Å². The van der Waals surface area contributed by atoms with Crippen LogP contribution in [0.5, 0.6) is 0 Å². The van der Waals surface area contributed by atoms with Crippen LogP contribution in [-0.2, 0) is 0 Å². The lowest BCUT2D eigenvalue weighted by Crippen LogP contribution is -2.29. The van der Waals surface area contributed by atoms with E-state index in [4.69, 9.17) is 11.6 Å². The van der Waals surface area contributed by atoms with E-state index in [0.717, 1.165) is 22.8 Å². The van der Waals surface area contributed by atoms with Gasteiger partial charge in [0, 0.05) is 12.6 Å². The Morgan fingerprint density at radius 2 is 2.06 bits per heavy atom. The first kappa shape index (κ1) is 10.8. The van der Waals surface area contributed by atoms with Crippen LogP contribution in [0.1, 0.15) is 25.7 Å². The third-order valence-electron chi connectivity index (χ3n) is 3.14. The molecule has 3 rings (SSSR count). The van der Waals surface area contributed by atoms with Gasteiger partial charge in [-0.2, -0.15) is 0 Å². The average molecular weight is 303 g/mol. The second-order valence-corrected chi connectivity index (χ2v) is 5.78. The first-order chi connectivity index (χ1) is 7.75. The van der Waals surface area contributed by atoms with Gasteiger partial charge in [0.05, 0.1) is 4.47 Å². The van der Waals surface area contributed by atoms with E-state index in [2.05, 4.69) is 30.8 Å². The molecule has 2 aliphatic carbocycles. The summed E-state index contributed by atoms with van der Waals surface area (Å²) in [6.07, 6.45) is 6.82. The summed E-state index contributed by atoms with van der Waals surface area (Å²) in [6, 6.07) is 0.669. The van der Waals surface area contributed by atoms with Crippen molar-refractivity contribution in [2.24, 2.45) is 5.92 Å². The lowest BCUT2D eigenvalue weighted by molar-refractivity contribution is 0.706. The summed E-state index contributed by atoms with van der Waals surface area (Å²) in [5, 5.41) is 0.506. The maximum absolute atomic E-state index is 6.01. The van der Waals surface area contributed by atoms with Crippen LogP contribution < -0.4 is 4.90 Å². The van der Waals surface area contributed by atoms with E-state index < -0.39 is 0 Å². The van der Waals surface area contributed by atoms with Gasteiger partial charge in [-0.25, -0.2) is 9.97 Å². The Morgan fingerprint density at radius 1 is 1.31 bits per heavy atom. The van der Waals surface area contributed by atoms with Crippen molar-refractivity contribution in [3.63, 3.8) is 0 Å². The fourth-order valence-corrected chi connectivity index (χ4v) is 2.47. The summed E-state index contributed by atoms with van der Waals surface area (Å²) in [6.45, 7) is 1.12. The second kappa shape index (κ2) is 4.15. The van der Waals surface area contributed by atoms with Crippen LogP contribution >= 0.6 is 27.5 Å². The van der Waals surface area contributed by atoms with Crippen molar-refractivity contribution in [3.8, 4) is 0 Å². The minimum atomic E-state index is 0.506. The molecule has 0 aromatic carbocycles. The van der Waals surface area contributed by atoms with Crippen LogP contribution in [-0.4, -0.2) is 22.6 Å². The lowest BCUT2D eigenvalue weighted by Gasteiger charge is -2.24. The van der Waals surface area contributed by atoms with E-state index >= 15 is 0 Å². The van der Waals surface area contributed by atoms with Crippen molar-refractivity contribution in [2.75, 3.05) is 11.4 Å². The van der Waals surface area contributed by atoms with Gasteiger partial charge in [-0.05, 0) is 47.5 Å². The number of hydrogen-bond donors (Lipinski definition) is 0. The summed E-state index contributed by atoms with van der Waals surface area (Å²) in [5.74, 6) is 1.83. The summed E-state index contributed by atoms with van der Waals surface area (Å²) in [7, 11) is 0. The van der Waals surface area contributed by atoms with Crippen molar-refractivity contribution >= 4 is 33.3 Å². The SMILES string of the molecule is Clc1ncnc(N(CC2CC2)C2CC2)c1Br. The molecule has 2 fully saturated rings. The average Bonchev–Trinajstić information content (AvgIpc) is 3.14. The zero-order chi connectivity index (χ0) is 11.1. The van der Waals surface area contributed by atoms with Crippen LogP contribution in [0.15, 0.2) is 10.8 Å². The quantitative estimate of drug-likeness (QED) is 0.799. The Balaban J connectivity index is 1.88. The van der Waals surface area contributed by atoms with Gasteiger partial charge in [-0.1, -0.05) is 11.6 Å². The predicted octanol–water partition coefficient (Wildman–Crippen LogP) is 3.27. The molecule has 5 heteroatoms. The van der Waals surface area contributed by atoms with E-state index in [0.29, 0.717) is 11.2 Å². The molecule has 0 atom stereocenters. The predicted molar refractivity (Wildman–Crippen MR) is 67.8 cm³/mol. The minimum absolute atomic E-state index is 0.506. The van der Waals surface area contributed by atoms with Gasteiger partial charge >= 0.3 is 0 Å². The number of hydrogen-bond acceptors (Lipinski definition) is 3. The van der Waals surface area contributed by atoms with Crippen molar-refractivity contribution in [1.82, 2.24) is 9.97 Å². The molecular formula is C11H13BrClN3. The number of halogens is 2. The standard InChI is InChI=1S/C11H13BrClN3/c12-9-10(13)14-6-15-11(9)16(8-3-4-8)5-7-1-2-7/h6-8H,1-5H2. The maximum Gasteiger partial charge on any atom is 0.148 e. The first-order valence-electron chi connectivity index (χ1n) is 5.68. The molecule has 2 aliphatic rings. The highest BCUT2D eigenvalue weighted by atomic mass is 79.9. The fourth-order valence-electron chi connectivity index (χ4n) is 1.91. The molecule has 1 aromatic heterocycles. The van der Waals surface area contributed by atoms with Gasteiger partial charge in [-0.15, -0.1) is 0 Å². The van der Waals surface area contributed by atoms with Gasteiger partial charge in [0.25, 0.3) is 0 Å². The number of rotatable bonds is 4. The summed E-state index contributed by atoms with van der Waals surface area (Å²) in [4.78, 5) is 10.7. The molecule has 16 heavy (non-hydrogen) atoms. The normalized spacial score (nSPS) is 19.9. The topological polar surface area (TPSA) is 29.0 Å². The van der Waals surface area contributed by atoms with Gasteiger partial charge in [0.15, 0.2) is 0 Å².